The van der Waals surface area contributed by atoms with Crippen LogP contribution in [-0.4, -0.2) is 49.5 Å². The Hall–Kier alpha value is -0.120. The number of piperidine rings is 1. The molecule has 4 aliphatic rings. The molecule has 1 atom stereocenters. The number of likely N-dealkylation sites (tertiary alicyclic amines) is 1. The zero-order valence-corrected chi connectivity index (χ0v) is 12.0. The molecule has 0 N–H and O–H groups in total. The molecule has 0 radical (unpaired) electrons. The predicted octanol–water partition coefficient (Wildman–Crippen LogP) is 2.45. The lowest BCUT2D eigenvalue weighted by Crippen LogP contribution is -2.44. The maximum absolute atomic E-state index is 6.16. The van der Waals surface area contributed by atoms with Gasteiger partial charge in [0, 0.05) is 32.7 Å². The molecule has 108 valence electrons. The highest BCUT2D eigenvalue weighted by atomic mass is 16.6. The molecule has 0 aromatic rings. The summed E-state index contributed by atoms with van der Waals surface area (Å²) in [7, 11) is 0. The summed E-state index contributed by atoms with van der Waals surface area (Å²) in [6.07, 6.45) is 9.69. The van der Waals surface area contributed by atoms with E-state index in [-0.39, 0.29) is 5.60 Å². The summed E-state index contributed by atoms with van der Waals surface area (Å²) in [5.74, 6) is 1.89. The van der Waals surface area contributed by atoms with Crippen LogP contribution in [0.4, 0.5) is 0 Å². The summed E-state index contributed by atoms with van der Waals surface area (Å²) in [6, 6.07) is 0. The van der Waals surface area contributed by atoms with Crippen LogP contribution in [-0.2, 0) is 9.47 Å². The van der Waals surface area contributed by atoms with Gasteiger partial charge in [0.2, 0.25) is 0 Å². The van der Waals surface area contributed by atoms with Gasteiger partial charge in [0.25, 0.3) is 0 Å². The number of hydrogen-bond acceptors (Lipinski definition) is 3. The summed E-state index contributed by atoms with van der Waals surface area (Å²) in [4.78, 5) is 2.66. The van der Waals surface area contributed by atoms with Gasteiger partial charge in [-0.25, -0.2) is 0 Å². The second-order valence-electron chi connectivity index (χ2n) is 7.34. The highest BCUT2D eigenvalue weighted by Gasteiger charge is 2.43. The summed E-state index contributed by atoms with van der Waals surface area (Å²) >= 11 is 0. The van der Waals surface area contributed by atoms with Crippen LogP contribution in [0.5, 0.6) is 0 Å². The minimum absolute atomic E-state index is 0.175. The molecule has 2 aliphatic carbocycles. The van der Waals surface area contributed by atoms with Crippen LogP contribution in [0.15, 0.2) is 0 Å². The smallest absolute Gasteiger partial charge is 0.0836 e. The van der Waals surface area contributed by atoms with Crippen molar-refractivity contribution in [3.05, 3.63) is 0 Å². The molecule has 3 heteroatoms. The molecular weight excluding hydrogens is 238 g/mol. The fourth-order valence-electron chi connectivity index (χ4n) is 3.62. The maximum Gasteiger partial charge on any atom is 0.0836 e. The van der Waals surface area contributed by atoms with Gasteiger partial charge in [0.1, 0.15) is 0 Å². The lowest BCUT2D eigenvalue weighted by atomic mass is 9.88. The molecule has 4 fully saturated rings. The lowest BCUT2D eigenvalue weighted by molar-refractivity contribution is -0.0459. The van der Waals surface area contributed by atoms with Crippen LogP contribution >= 0.6 is 0 Å². The third-order valence-electron chi connectivity index (χ3n) is 5.42. The molecule has 19 heavy (non-hydrogen) atoms. The lowest BCUT2D eigenvalue weighted by Gasteiger charge is -2.38. The van der Waals surface area contributed by atoms with E-state index in [1.54, 1.807) is 0 Å². The van der Waals surface area contributed by atoms with Gasteiger partial charge in [-0.15, -0.1) is 0 Å². The highest BCUT2D eigenvalue weighted by Crippen LogP contribution is 2.39. The van der Waals surface area contributed by atoms with Crippen LogP contribution in [0, 0.1) is 11.8 Å². The number of nitrogens with zero attached hydrogens (tertiary/aromatic N) is 1. The number of rotatable bonds is 5. The zero-order chi connectivity index (χ0) is 12.7. The van der Waals surface area contributed by atoms with Gasteiger partial charge >= 0.3 is 0 Å². The molecular formula is C16H27NO2. The van der Waals surface area contributed by atoms with Gasteiger partial charge in [-0.2, -0.15) is 0 Å². The van der Waals surface area contributed by atoms with E-state index in [0.717, 1.165) is 31.5 Å². The Balaban J connectivity index is 1.23. The molecule has 0 bridgehead atoms. The third-order valence-corrected chi connectivity index (χ3v) is 5.42. The van der Waals surface area contributed by atoms with Gasteiger partial charge in [-0.05, 0) is 50.4 Å². The molecule has 2 aliphatic heterocycles. The van der Waals surface area contributed by atoms with E-state index in [4.69, 9.17) is 9.47 Å². The molecule has 3 nitrogen and oxygen atoms in total. The first-order chi connectivity index (χ1) is 9.31. The average molecular weight is 265 g/mol. The van der Waals surface area contributed by atoms with Gasteiger partial charge in [0.05, 0.1) is 18.3 Å². The Morgan fingerprint density at radius 2 is 1.79 bits per heavy atom. The Labute approximate surface area is 116 Å². The van der Waals surface area contributed by atoms with Crippen LogP contribution < -0.4 is 0 Å². The van der Waals surface area contributed by atoms with Gasteiger partial charge in [-0.3, -0.25) is 0 Å². The average Bonchev–Trinajstić information content (AvgIpc) is 3.33. The van der Waals surface area contributed by atoms with Crippen molar-refractivity contribution in [2.24, 2.45) is 11.8 Å². The Morgan fingerprint density at radius 1 is 1.05 bits per heavy atom. The van der Waals surface area contributed by atoms with E-state index in [1.807, 2.05) is 0 Å². The number of hydrogen-bond donors (Lipinski definition) is 0. The van der Waals surface area contributed by atoms with Crippen LogP contribution in [0.25, 0.3) is 0 Å². The third kappa shape index (κ3) is 3.14. The summed E-state index contributed by atoms with van der Waals surface area (Å²) < 4.78 is 12.2. The first kappa shape index (κ1) is 12.6. The molecule has 0 aromatic heterocycles. The van der Waals surface area contributed by atoms with E-state index in [1.165, 1.54) is 58.2 Å². The maximum atomic E-state index is 6.16. The van der Waals surface area contributed by atoms with Crippen molar-refractivity contribution >= 4 is 0 Å². The zero-order valence-electron chi connectivity index (χ0n) is 12.0. The van der Waals surface area contributed by atoms with Crippen LogP contribution in [0.2, 0.25) is 0 Å². The second kappa shape index (κ2) is 5.01. The van der Waals surface area contributed by atoms with Crippen molar-refractivity contribution in [3.8, 4) is 0 Å². The van der Waals surface area contributed by atoms with E-state index < -0.39 is 0 Å². The topological polar surface area (TPSA) is 21.7 Å². The van der Waals surface area contributed by atoms with Crippen molar-refractivity contribution in [1.82, 2.24) is 4.90 Å². The summed E-state index contributed by atoms with van der Waals surface area (Å²) in [5.41, 5.74) is 0.175. The molecule has 2 saturated heterocycles. The SMILES string of the molecule is C1CC1COC1COC2(CCN(CC3CC3)CC2)C1. The molecule has 2 heterocycles. The highest BCUT2D eigenvalue weighted by molar-refractivity contribution is 4.95. The monoisotopic (exact) mass is 265 g/mol. The second-order valence-corrected chi connectivity index (χ2v) is 7.34. The molecule has 1 unspecified atom stereocenters. The van der Waals surface area contributed by atoms with E-state index >= 15 is 0 Å². The van der Waals surface area contributed by atoms with Crippen LogP contribution in [0.3, 0.4) is 0 Å². The fourth-order valence-corrected chi connectivity index (χ4v) is 3.62. The van der Waals surface area contributed by atoms with Crippen LogP contribution in [0.1, 0.15) is 44.9 Å². The first-order valence-electron chi connectivity index (χ1n) is 8.29. The summed E-state index contributed by atoms with van der Waals surface area (Å²) in [6.45, 7) is 5.66. The molecule has 4 rings (SSSR count). The predicted molar refractivity (Wildman–Crippen MR) is 74.2 cm³/mol. The first-order valence-corrected chi connectivity index (χ1v) is 8.29. The van der Waals surface area contributed by atoms with E-state index in [0.29, 0.717) is 6.10 Å². The quantitative estimate of drug-likeness (QED) is 0.762. The Morgan fingerprint density at radius 3 is 2.47 bits per heavy atom. The Bertz CT molecular complexity index is 317. The molecule has 0 amide bonds. The van der Waals surface area contributed by atoms with E-state index in [9.17, 15) is 0 Å². The van der Waals surface area contributed by atoms with E-state index in [2.05, 4.69) is 4.90 Å². The van der Waals surface area contributed by atoms with Gasteiger partial charge in [0.15, 0.2) is 0 Å². The minimum Gasteiger partial charge on any atom is -0.375 e. The molecule has 2 saturated carbocycles. The van der Waals surface area contributed by atoms with Crippen molar-refractivity contribution < 1.29 is 9.47 Å². The molecule has 1 spiro atoms. The Kier molecular flexibility index (Phi) is 3.33. The normalized spacial score (nSPS) is 35.1. The van der Waals surface area contributed by atoms with Crippen molar-refractivity contribution in [3.63, 3.8) is 0 Å². The fraction of sp³-hybridized carbons (Fsp3) is 1.00. The van der Waals surface area contributed by atoms with Gasteiger partial charge in [-0.1, -0.05) is 0 Å². The van der Waals surface area contributed by atoms with Gasteiger partial charge < -0.3 is 14.4 Å². The number of ether oxygens (including phenoxy) is 2. The minimum atomic E-state index is 0.175. The van der Waals surface area contributed by atoms with Crippen molar-refractivity contribution in [1.29, 1.82) is 0 Å². The summed E-state index contributed by atoms with van der Waals surface area (Å²) in [5, 5.41) is 0. The van der Waals surface area contributed by atoms with Crippen molar-refractivity contribution in [2.45, 2.75) is 56.7 Å². The standard InChI is InChI=1S/C16H27NO2/c1-2-13(1)10-17-7-5-16(6-8-17)9-15(12-19-16)18-11-14-3-4-14/h13-15H,1-12H2. The van der Waals surface area contributed by atoms with Crippen molar-refractivity contribution in [2.75, 3.05) is 32.8 Å². The molecule has 0 aromatic carbocycles. The largest absolute Gasteiger partial charge is 0.375 e.